The number of aromatic nitrogens is 3. The topological polar surface area (TPSA) is 139 Å². The van der Waals surface area contributed by atoms with Crippen molar-refractivity contribution in [3.63, 3.8) is 0 Å². The highest BCUT2D eigenvalue weighted by molar-refractivity contribution is 7.80. The molecular weight excluding hydrogens is 500 g/mol. The van der Waals surface area contributed by atoms with E-state index < -0.39 is 17.3 Å². The highest BCUT2D eigenvalue weighted by atomic mass is 32.1. The molecule has 0 unspecified atom stereocenters. The molecule has 1 saturated heterocycles. The van der Waals surface area contributed by atoms with E-state index in [1.54, 1.807) is 22.8 Å². The number of amides is 1. The van der Waals surface area contributed by atoms with Gasteiger partial charge in [-0.25, -0.2) is 9.78 Å². The Labute approximate surface area is 217 Å². The van der Waals surface area contributed by atoms with E-state index in [1.807, 2.05) is 16.7 Å². The summed E-state index contributed by atoms with van der Waals surface area (Å²) >= 11 is 5.48. The SMILES string of the molecule is CCn1cc(C(=O)O)c(=O)c2cnc(N3CCN(C(=S)NC(=O)c4c(OC)cccc4OC)CC3)nc21. The molecule has 12 nitrogen and oxygen atoms in total. The minimum atomic E-state index is -1.29. The number of piperazine rings is 1. The summed E-state index contributed by atoms with van der Waals surface area (Å²) in [5.41, 5.74) is -0.304. The van der Waals surface area contributed by atoms with Crippen molar-refractivity contribution in [1.29, 1.82) is 0 Å². The van der Waals surface area contributed by atoms with Crippen molar-refractivity contribution in [2.24, 2.45) is 0 Å². The van der Waals surface area contributed by atoms with Crippen molar-refractivity contribution in [2.75, 3.05) is 45.3 Å². The first-order valence-electron chi connectivity index (χ1n) is 11.5. The summed E-state index contributed by atoms with van der Waals surface area (Å²) < 4.78 is 12.2. The highest BCUT2D eigenvalue weighted by Crippen LogP contribution is 2.28. The van der Waals surface area contributed by atoms with Crippen LogP contribution in [0, 0.1) is 0 Å². The molecule has 1 aliphatic rings. The Morgan fingerprint density at radius 1 is 1.14 bits per heavy atom. The number of nitrogens with zero attached hydrogens (tertiary/aromatic N) is 5. The van der Waals surface area contributed by atoms with Crippen molar-refractivity contribution < 1.29 is 24.2 Å². The number of anilines is 1. The number of carbonyl (C=O) groups excluding carboxylic acids is 1. The van der Waals surface area contributed by atoms with Gasteiger partial charge in [-0.1, -0.05) is 6.07 Å². The molecular formula is C24H26N6O6S. The predicted octanol–water partition coefficient (Wildman–Crippen LogP) is 1.36. The van der Waals surface area contributed by atoms with Crippen LogP contribution in [0.1, 0.15) is 27.6 Å². The monoisotopic (exact) mass is 526 g/mol. The molecule has 3 aromatic rings. The van der Waals surface area contributed by atoms with Gasteiger partial charge in [0.05, 0.1) is 19.6 Å². The van der Waals surface area contributed by atoms with Crippen LogP contribution in [0.2, 0.25) is 0 Å². The number of carboxylic acid groups (broad SMARTS) is 1. The lowest BCUT2D eigenvalue weighted by Gasteiger charge is -2.36. The van der Waals surface area contributed by atoms with Crippen molar-refractivity contribution in [1.82, 2.24) is 24.8 Å². The number of ether oxygens (including phenoxy) is 2. The number of hydrogen-bond donors (Lipinski definition) is 2. The first-order chi connectivity index (χ1) is 17.8. The summed E-state index contributed by atoms with van der Waals surface area (Å²) in [5, 5.41) is 12.5. The van der Waals surface area contributed by atoms with Gasteiger partial charge in [0, 0.05) is 45.1 Å². The van der Waals surface area contributed by atoms with Crippen LogP contribution in [-0.2, 0) is 6.54 Å². The fourth-order valence-corrected chi connectivity index (χ4v) is 4.41. The zero-order chi connectivity index (χ0) is 26.7. The molecule has 1 aliphatic heterocycles. The van der Waals surface area contributed by atoms with Crippen molar-refractivity contribution in [2.45, 2.75) is 13.5 Å². The number of carboxylic acids is 1. The molecule has 0 radical (unpaired) electrons. The average molecular weight is 527 g/mol. The largest absolute Gasteiger partial charge is 0.496 e. The summed E-state index contributed by atoms with van der Waals surface area (Å²) in [4.78, 5) is 49.6. The van der Waals surface area contributed by atoms with E-state index in [2.05, 4.69) is 15.3 Å². The number of aromatic carboxylic acids is 1. The minimum absolute atomic E-state index is 0.153. The maximum absolute atomic E-state index is 12.9. The van der Waals surface area contributed by atoms with Gasteiger partial charge in [-0.15, -0.1) is 0 Å². The summed E-state index contributed by atoms with van der Waals surface area (Å²) in [6.07, 6.45) is 2.68. The molecule has 2 aromatic heterocycles. The van der Waals surface area contributed by atoms with E-state index in [0.717, 1.165) is 0 Å². The van der Waals surface area contributed by atoms with Gasteiger partial charge in [0.2, 0.25) is 11.4 Å². The van der Waals surface area contributed by atoms with Crippen LogP contribution in [0.4, 0.5) is 5.95 Å². The van der Waals surface area contributed by atoms with Crippen LogP contribution in [-0.4, -0.2) is 81.9 Å². The number of nitrogens with one attached hydrogen (secondary N) is 1. The van der Waals surface area contributed by atoms with Gasteiger partial charge in [0.15, 0.2) is 5.11 Å². The third-order valence-corrected chi connectivity index (χ3v) is 6.46. The Morgan fingerprint density at radius 2 is 1.78 bits per heavy atom. The van der Waals surface area contributed by atoms with Crippen LogP contribution in [0.15, 0.2) is 35.4 Å². The summed E-state index contributed by atoms with van der Waals surface area (Å²) in [6.45, 7) is 4.31. The molecule has 0 bridgehead atoms. The smallest absolute Gasteiger partial charge is 0.341 e. The number of aryl methyl sites for hydroxylation is 1. The van der Waals surface area contributed by atoms with Gasteiger partial charge in [0.1, 0.15) is 28.3 Å². The number of hydrogen-bond acceptors (Lipinski definition) is 9. The molecule has 37 heavy (non-hydrogen) atoms. The van der Waals surface area contributed by atoms with Crippen LogP contribution >= 0.6 is 12.2 Å². The van der Waals surface area contributed by atoms with Crippen LogP contribution in [0.25, 0.3) is 11.0 Å². The molecule has 0 saturated carbocycles. The Hall–Kier alpha value is -4.26. The van der Waals surface area contributed by atoms with Crippen LogP contribution in [0.3, 0.4) is 0 Å². The van der Waals surface area contributed by atoms with Crippen LogP contribution in [0.5, 0.6) is 11.5 Å². The maximum Gasteiger partial charge on any atom is 0.341 e. The molecule has 1 fully saturated rings. The number of methoxy groups -OCH3 is 2. The molecule has 0 spiro atoms. The number of fused-ring (bicyclic) bond motifs is 1. The second-order valence-electron chi connectivity index (χ2n) is 8.14. The molecule has 0 aliphatic carbocycles. The fourth-order valence-electron chi connectivity index (χ4n) is 4.13. The van der Waals surface area contributed by atoms with E-state index in [9.17, 15) is 19.5 Å². The first kappa shape index (κ1) is 25.8. The number of rotatable bonds is 6. The second kappa shape index (κ2) is 10.8. The molecule has 4 rings (SSSR count). The summed E-state index contributed by atoms with van der Waals surface area (Å²) in [7, 11) is 2.95. The molecule has 3 heterocycles. The maximum atomic E-state index is 12.9. The van der Waals surface area contributed by atoms with E-state index in [1.165, 1.54) is 26.6 Å². The zero-order valence-corrected chi connectivity index (χ0v) is 21.4. The van der Waals surface area contributed by atoms with E-state index >= 15 is 0 Å². The predicted molar refractivity (Wildman–Crippen MR) is 140 cm³/mol. The van der Waals surface area contributed by atoms with E-state index in [0.29, 0.717) is 55.8 Å². The first-order valence-corrected chi connectivity index (χ1v) is 11.9. The molecule has 1 aromatic carbocycles. The standard InChI is InChI=1S/C24H26N6O6S/c1-4-28-13-15(22(33)34)19(31)14-12-25-23(26-20(14)28)29-8-10-30(11-9-29)24(37)27-21(32)18-16(35-2)6-5-7-17(18)36-3/h5-7,12-13H,4,8-11H2,1-3H3,(H,33,34)(H,27,32,37). The normalized spacial score (nSPS) is 13.4. The Kier molecular flexibility index (Phi) is 7.53. The Bertz CT molecular complexity index is 1410. The van der Waals surface area contributed by atoms with Gasteiger partial charge in [0.25, 0.3) is 5.91 Å². The fraction of sp³-hybridized carbons (Fsp3) is 0.333. The Morgan fingerprint density at radius 3 is 2.35 bits per heavy atom. The van der Waals surface area contributed by atoms with E-state index in [-0.39, 0.29) is 21.6 Å². The quantitative estimate of drug-likeness (QED) is 0.450. The van der Waals surface area contributed by atoms with Crippen molar-refractivity contribution in [3.05, 3.63) is 51.9 Å². The molecule has 1 amide bonds. The lowest BCUT2D eigenvalue weighted by Crippen LogP contribution is -2.53. The zero-order valence-electron chi connectivity index (χ0n) is 20.6. The molecule has 194 valence electrons. The average Bonchev–Trinajstić information content (AvgIpc) is 2.92. The van der Waals surface area contributed by atoms with Gasteiger partial charge in [-0.05, 0) is 31.3 Å². The molecule has 2 N–H and O–H groups in total. The second-order valence-corrected chi connectivity index (χ2v) is 8.53. The Balaban J connectivity index is 1.47. The van der Waals surface area contributed by atoms with Gasteiger partial charge >= 0.3 is 5.97 Å². The third kappa shape index (κ3) is 5.03. The van der Waals surface area contributed by atoms with Crippen LogP contribution < -0.4 is 25.1 Å². The number of benzene rings is 1. The molecule has 13 heteroatoms. The number of thiocarbonyl (C=S) groups is 1. The summed E-state index contributed by atoms with van der Waals surface area (Å²) in [6, 6.07) is 5.07. The lowest BCUT2D eigenvalue weighted by molar-refractivity contribution is 0.0694. The lowest BCUT2D eigenvalue weighted by atomic mass is 10.1. The van der Waals surface area contributed by atoms with Gasteiger partial charge in [-0.2, -0.15) is 4.98 Å². The number of carbonyl (C=O) groups is 2. The van der Waals surface area contributed by atoms with Crippen molar-refractivity contribution >= 4 is 46.2 Å². The van der Waals surface area contributed by atoms with Gasteiger partial charge < -0.3 is 28.9 Å². The number of pyridine rings is 1. The summed E-state index contributed by atoms with van der Waals surface area (Å²) in [5.74, 6) is -0.553. The minimum Gasteiger partial charge on any atom is -0.496 e. The van der Waals surface area contributed by atoms with Gasteiger partial charge in [-0.3, -0.25) is 14.9 Å². The molecule has 0 atom stereocenters. The third-order valence-electron chi connectivity index (χ3n) is 6.10. The van der Waals surface area contributed by atoms with Crippen molar-refractivity contribution in [3.8, 4) is 11.5 Å². The highest BCUT2D eigenvalue weighted by Gasteiger charge is 2.25. The van der Waals surface area contributed by atoms with E-state index in [4.69, 9.17) is 21.7 Å².